The van der Waals surface area contributed by atoms with Crippen LogP contribution in [0.25, 0.3) is 0 Å². The van der Waals surface area contributed by atoms with Crippen LogP contribution in [0, 0.1) is 0 Å². The summed E-state index contributed by atoms with van der Waals surface area (Å²) >= 11 is 11.8. The van der Waals surface area contributed by atoms with Gasteiger partial charge in [-0.1, -0.05) is 41.4 Å². The van der Waals surface area contributed by atoms with E-state index in [4.69, 9.17) is 32.7 Å². The number of hydrogen-bond acceptors (Lipinski definition) is 5. The molecule has 0 fully saturated rings. The number of carbonyl (C=O) groups excluding carboxylic acids is 1. The maximum atomic E-state index is 13.3. The Morgan fingerprint density at radius 1 is 0.879 bits per heavy atom. The summed E-state index contributed by atoms with van der Waals surface area (Å²) in [6.07, 6.45) is 0. The van der Waals surface area contributed by atoms with Gasteiger partial charge in [-0.2, -0.15) is 4.31 Å². The van der Waals surface area contributed by atoms with Crippen LogP contribution in [0.2, 0.25) is 10.0 Å². The largest absolute Gasteiger partial charge is 0.454 e. The molecule has 0 saturated carbocycles. The van der Waals surface area contributed by atoms with Gasteiger partial charge >= 0.3 is 0 Å². The molecule has 10 heteroatoms. The van der Waals surface area contributed by atoms with Gasteiger partial charge in [-0.3, -0.25) is 4.79 Å². The van der Waals surface area contributed by atoms with Gasteiger partial charge in [0.1, 0.15) is 0 Å². The van der Waals surface area contributed by atoms with Crippen LogP contribution >= 0.6 is 23.2 Å². The average Bonchev–Trinajstić information content (AvgIpc) is 3.27. The molecule has 7 nitrogen and oxygen atoms in total. The molecule has 0 aliphatic carbocycles. The minimum atomic E-state index is -3.97. The molecule has 0 radical (unpaired) electrons. The maximum absolute atomic E-state index is 13.3. The number of benzene rings is 3. The van der Waals surface area contributed by atoms with Crippen LogP contribution in [0.15, 0.2) is 71.6 Å². The van der Waals surface area contributed by atoms with Crippen LogP contribution in [0.4, 0.5) is 0 Å². The second-order valence-corrected chi connectivity index (χ2v) is 10.1. The molecule has 1 heterocycles. The normalized spacial score (nSPS) is 12.7. The zero-order chi connectivity index (χ0) is 23.4. The van der Waals surface area contributed by atoms with Crippen molar-refractivity contribution in [3.05, 3.63) is 87.9 Å². The van der Waals surface area contributed by atoms with E-state index in [1.807, 2.05) is 6.07 Å². The molecule has 33 heavy (non-hydrogen) atoms. The number of fused-ring (bicyclic) bond motifs is 1. The lowest BCUT2D eigenvalue weighted by Crippen LogP contribution is -2.40. The summed E-state index contributed by atoms with van der Waals surface area (Å²) in [6, 6.07) is 17.9. The Bertz CT molecular complexity index is 1250. The Hall–Kier alpha value is -2.78. The Labute approximate surface area is 201 Å². The summed E-state index contributed by atoms with van der Waals surface area (Å²) < 4.78 is 38.3. The minimum Gasteiger partial charge on any atom is -0.454 e. The molecular formula is C23H20Cl2N2O5S. The van der Waals surface area contributed by atoms with Crippen molar-refractivity contribution in [1.29, 1.82) is 0 Å². The smallest absolute Gasteiger partial charge is 0.243 e. The van der Waals surface area contributed by atoms with E-state index >= 15 is 0 Å². The van der Waals surface area contributed by atoms with Gasteiger partial charge in [0.25, 0.3) is 0 Å². The standard InChI is InChI=1S/C23H20Cl2N2O5S/c24-18-4-1-16(2-5-18)13-27(33(29,30)20-8-6-19(25)7-9-20)14-23(28)26-12-17-3-10-21-22(11-17)32-15-31-21/h1-11H,12-15H2,(H,26,28). The van der Waals surface area contributed by atoms with Crippen LogP contribution in [-0.4, -0.2) is 32.0 Å². The maximum Gasteiger partial charge on any atom is 0.243 e. The molecule has 172 valence electrons. The summed E-state index contributed by atoms with van der Waals surface area (Å²) in [5, 5.41) is 3.72. The molecule has 4 rings (SSSR count). The molecule has 1 aliphatic heterocycles. The van der Waals surface area contributed by atoms with Crippen molar-refractivity contribution in [2.24, 2.45) is 0 Å². The van der Waals surface area contributed by atoms with Crippen LogP contribution in [0.1, 0.15) is 11.1 Å². The third-order valence-electron chi connectivity index (χ3n) is 4.97. The number of rotatable bonds is 8. The van der Waals surface area contributed by atoms with Gasteiger partial charge in [-0.05, 0) is 59.7 Å². The van der Waals surface area contributed by atoms with Crippen LogP contribution in [-0.2, 0) is 27.9 Å². The van der Waals surface area contributed by atoms with Crippen molar-refractivity contribution in [2.45, 2.75) is 18.0 Å². The van der Waals surface area contributed by atoms with Gasteiger partial charge in [0.2, 0.25) is 22.7 Å². The summed E-state index contributed by atoms with van der Waals surface area (Å²) in [6.45, 7) is 0.0102. The van der Waals surface area contributed by atoms with E-state index in [2.05, 4.69) is 5.32 Å². The average molecular weight is 507 g/mol. The van der Waals surface area contributed by atoms with Crippen molar-refractivity contribution < 1.29 is 22.7 Å². The van der Waals surface area contributed by atoms with E-state index in [1.165, 1.54) is 24.3 Å². The third-order valence-corrected chi connectivity index (χ3v) is 7.28. The predicted octanol–water partition coefficient (Wildman–Crippen LogP) is 4.23. The quantitative estimate of drug-likeness (QED) is 0.494. The number of amides is 1. The first kappa shape index (κ1) is 23.4. The zero-order valence-corrected chi connectivity index (χ0v) is 19.7. The Morgan fingerprint density at radius 2 is 1.48 bits per heavy atom. The van der Waals surface area contributed by atoms with Crippen LogP contribution in [0.5, 0.6) is 11.5 Å². The van der Waals surface area contributed by atoms with Gasteiger partial charge < -0.3 is 14.8 Å². The van der Waals surface area contributed by atoms with Gasteiger partial charge in [0, 0.05) is 23.1 Å². The zero-order valence-electron chi connectivity index (χ0n) is 17.3. The van der Waals surface area contributed by atoms with Gasteiger partial charge in [0.05, 0.1) is 11.4 Å². The molecule has 0 spiro atoms. The van der Waals surface area contributed by atoms with E-state index in [0.29, 0.717) is 27.1 Å². The fourth-order valence-corrected chi connectivity index (χ4v) is 4.88. The number of halogens is 2. The Kier molecular flexibility index (Phi) is 7.09. The molecule has 0 atom stereocenters. The molecule has 0 unspecified atom stereocenters. The Balaban J connectivity index is 1.50. The Morgan fingerprint density at radius 3 is 2.18 bits per heavy atom. The fourth-order valence-electron chi connectivity index (χ4n) is 3.24. The third kappa shape index (κ3) is 5.78. The molecule has 1 amide bonds. The highest BCUT2D eigenvalue weighted by Crippen LogP contribution is 2.32. The highest BCUT2D eigenvalue weighted by Gasteiger charge is 2.27. The van der Waals surface area contributed by atoms with E-state index in [9.17, 15) is 13.2 Å². The summed E-state index contributed by atoms with van der Waals surface area (Å²) in [7, 11) is -3.97. The van der Waals surface area contributed by atoms with Gasteiger partial charge in [-0.15, -0.1) is 0 Å². The monoisotopic (exact) mass is 506 g/mol. The lowest BCUT2D eigenvalue weighted by atomic mass is 10.2. The van der Waals surface area contributed by atoms with Crippen molar-refractivity contribution in [1.82, 2.24) is 9.62 Å². The predicted molar refractivity (Wildman–Crippen MR) is 125 cm³/mol. The molecule has 3 aromatic carbocycles. The lowest BCUT2D eigenvalue weighted by Gasteiger charge is -2.22. The number of nitrogens with one attached hydrogen (secondary N) is 1. The highest BCUT2D eigenvalue weighted by molar-refractivity contribution is 7.89. The molecule has 1 N–H and O–H groups in total. The second-order valence-electron chi connectivity index (χ2n) is 7.32. The number of hydrogen-bond donors (Lipinski definition) is 1. The topological polar surface area (TPSA) is 84.9 Å². The van der Waals surface area contributed by atoms with Crippen LogP contribution < -0.4 is 14.8 Å². The molecular weight excluding hydrogens is 487 g/mol. The summed E-state index contributed by atoms with van der Waals surface area (Å²) in [5.41, 5.74) is 1.50. The molecule has 0 bridgehead atoms. The van der Waals surface area contributed by atoms with Crippen molar-refractivity contribution in [3.8, 4) is 11.5 Å². The van der Waals surface area contributed by atoms with Crippen molar-refractivity contribution >= 4 is 39.1 Å². The second kappa shape index (κ2) is 10.0. The molecule has 1 aliphatic rings. The van der Waals surface area contributed by atoms with E-state index in [1.54, 1.807) is 36.4 Å². The number of sulfonamides is 1. The van der Waals surface area contributed by atoms with E-state index in [0.717, 1.165) is 9.87 Å². The number of ether oxygens (including phenoxy) is 2. The van der Waals surface area contributed by atoms with Crippen molar-refractivity contribution in [3.63, 3.8) is 0 Å². The minimum absolute atomic E-state index is 0.000424. The first-order valence-corrected chi connectivity index (χ1v) is 12.2. The fraction of sp³-hybridized carbons (Fsp3) is 0.174. The van der Waals surface area contributed by atoms with Gasteiger partial charge in [-0.25, -0.2) is 8.42 Å². The summed E-state index contributed by atoms with van der Waals surface area (Å²) in [5.74, 6) is 0.809. The number of nitrogens with zero attached hydrogens (tertiary/aromatic N) is 1. The van der Waals surface area contributed by atoms with Gasteiger partial charge in [0.15, 0.2) is 11.5 Å². The number of carbonyl (C=O) groups is 1. The molecule has 0 saturated heterocycles. The van der Waals surface area contributed by atoms with E-state index in [-0.39, 0.29) is 31.3 Å². The first-order valence-electron chi connectivity index (χ1n) is 9.97. The van der Waals surface area contributed by atoms with Crippen LogP contribution in [0.3, 0.4) is 0 Å². The van der Waals surface area contributed by atoms with Crippen molar-refractivity contribution in [2.75, 3.05) is 13.3 Å². The first-order chi connectivity index (χ1) is 15.8. The molecule has 3 aromatic rings. The summed E-state index contributed by atoms with van der Waals surface area (Å²) in [4.78, 5) is 12.8. The van der Waals surface area contributed by atoms with E-state index < -0.39 is 15.9 Å². The SMILES string of the molecule is O=C(CN(Cc1ccc(Cl)cc1)S(=O)(=O)c1ccc(Cl)cc1)NCc1ccc2c(c1)OCO2. The molecule has 0 aromatic heterocycles. The lowest BCUT2D eigenvalue weighted by molar-refractivity contribution is -0.121. The highest BCUT2D eigenvalue weighted by atomic mass is 35.5.